The Labute approximate surface area is 107 Å². The zero-order valence-corrected chi connectivity index (χ0v) is 11.0. The van der Waals surface area contributed by atoms with Gasteiger partial charge in [0.2, 0.25) is 0 Å². The van der Waals surface area contributed by atoms with E-state index in [1.807, 2.05) is 0 Å². The fourth-order valence-electron chi connectivity index (χ4n) is 1.09. The second-order valence-corrected chi connectivity index (χ2v) is 5.11. The number of hydrogen-bond donors (Lipinski definition) is 3. The van der Waals surface area contributed by atoms with Gasteiger partial charge in [-0.3, -0.25) is 0 Å². The number of phenolic OH excluding ortho intramolecular Hbond substituents is 1. The van der Waals surface area contributed by atoms with Crippen LogP contribution in [0.3, 0.4) is 0 Å². The lowest BCUT2D eigenvalue weighted by Gasteiger charge is -2.37. The van der Waals surface area contributed by atoms with Crippen molar-refractivity contribution in [2.45, 2.75) is 38.9 Å². The van der Waals surface area contributed by atoms with Crippen LogP contribution in [0.2, 0.25) is 0 Å². The molecule has 100 valence electrons. The zero-order valence-electron chi connectivity index (χ0n) is 11.0. The summed E-state index contributed by atoms with van der Waals surface area (Å²) in [5.74, 6) is 0.301. The van der Waals surface area contributed by atoms with Gasteiger partial charge in [-0.15, -0.1) is 0 Å². The Balaban J connectivity index is 2.65. The molecule has 0 saturated carbocycles. The van der Waals surface area contributed by atoms with Gasteiger partial charge in [0, 0.05) is 6.07 Å². The summed E-state index contributed by atoms with van der Waals surface area (Å²) in [7, 11) is -1.53. The molecule has 0 unspecified atom stereocenters. The number of phenols is 1. The van der Waals surface area contributed by atoms with Crippen LogP contribution in [0.15, 0.2) is 24.3 Å². The quantitative estimate of drug-likeness (QED) is 0.690. The third kappa shape index (κ3) is 3.91. The maximum atomic E-state index is 9.87. The number of aliphatic hydroxyl groups is 1. The van der Waals surface area contributed by atoms with Crippen molar-refractivity contribution in [3.8, 4) is 11.5 Å². The maximum absolute atomic E-state index is 9.87. The molecule has 0 amide bonds. The molecule has 0 aliphatic rings. The Hall–Kier alpha value is -1.24. The molecule has 0 fully saturated rings. The monoisotopic (exact) mass is 254 g/mol. The Morgan fingerprint density at radius 2 is 1.78 bits per heavy atom. The van der Waals surface area contributed by atoms with Gasteiger partial charge in [0.15, 0.2) is 0 Å². The van der Waals surface area contributed by atoms with E-state index in [4.69, 9.17) is 9.31 Å². The van der Waals surface area contributed by atoms with Crippen LogP contribution in [0, 0.1) is 0 Å². The van der Waals surface area contributed by atoms with Crippen LogP contribution in [0.4, 0.5) is 0 Å². The normalized spacial score (nSPS) is 12.3. The molecule has 1 aromatic rings. The van der Waals surface area contributed by atoms with Crippen molar-refractivity contribution in [3.05, 3.63) is 24.3 Å². The number of benzene rings is 1. The zero-order chi connectivity index (χ0) is 14.0. The number of aromatic hydroxyl groups is 1. The van der Waals surface area contributed by atoms with Gasteiger partial charge < -0.3 is 24.5 Å². The summed E-state index contributed by atoms with van der Waals surface area (Å²) in [5.41, 5.74) is -2.14. The molecule has 5 nitrogen and oxygen atoms in total. The predicted octanol–water partition coefficient (Wildman–Crippen LogP) is 1.31. The minimum atomic E-state index is -1.53. The molecule has 0 atom stereocenters. The van der Waals surface area contributed by atoms with Crippen molar-refractivity contribution in [2.75, 3.05) is 0 Å². The SMILES string of the molecule is CC(C)(O)C(C)(C)OB(O)Oc1cccc(O)c1. The first kappa shape index (κ1) is 14.8. The van der Waals surface area contributed by atoms with Gasteiger partial charge in [-0.25, -0.2) is 0 Å². The lowest BCUT2D eigenvalue weighted by molar-refractivity contribution is -0.108. The van der Waals surface area contributed by atoms with E-state index in [0.29, 0.717) is 0 Å². The van der Waals surface area contributed by atoms with E-state index in [9.17, 15) is 15.2 Å². The Bertz CT molecular complexity index is 400. The minimum Gasteiger partial charge on any atom is -0.512 e. The van der Waals surface area contributed by atoms with Gasteiger partial charge in [0.1, 0.15) is 11.5 Å². The van der Waals surface area contributed by atoms with Crippen molar-refractivity contribution in [1.29, 1.82) is 0 Å². The van der Waals surface area contributed by atoms with E-state index in [2.05, 4.69) is 0 Å². The molecule has 0 bridgehead atoms. The lowest BCUT2D eigenvalue weighted by atomic mass is 9.88. The minimum absolute atomic E-state index is 0.0291. The van der Waals surface area contributed by atoms with E-state index in [1.165, 1.54) is 12.1 Å². The van der Waals surface area contributed by atoms with E-state index in [0.717, 1.165) is 0 Å². The van der Waals surface area contributed by atoms with Gasteiger partial charge in [-0.1, -0.05) is 6.07 Å². The predicted molar refractivity (Wildman–Crippen MR) is 68.2 cm³/mol. The Morgan fingerprint density at radius 3 is 2.28 bits per heavy atom. The van der Waals surface area contributed by atoms with Gasteiger partial charge in [-0.05, 0) is 39.8 Å². The van der Waals surface area contributed by atoms with Crippen LogP contribution < -0.4 is 4.65 Å². The lowest BCUT2D eigenvalue weighted by Crippen LogP contribution is -2.51. The van der Waals surface area contributed by atoms with Crippen molar-refractivity contribution in [3.63, 3.8) is 0 Å². The summed E-state index contributed by atoms with van der Waals surface area (Å²) in [6.45, 7) is 6.44. The summed E-state index contributed by atoms with van der Waals surface area (Å²) < 4.78 is 10.3. The molecule has 0 saturated heterocycles. The van der Waals surface area contributed by atoms with Crippen LogP contribution in [0.1, 0.15) is 27.7 Å². The first-order valence-electron chi connectivity index (χ1n) is 5.66. The largest absolute Gasteiger partial charge is 0.710 e. The second kappa shape index (κ2) is 5.18. The first-order chi connectivity index (χ1) is 8.12. The summed E-state index contributed by atoms with van der Waals surface area (Å²) in [6.07, 6.45) is 0. The van der Waals surface area contributed by atoms with E-state index in [1.54, 1.807) is 39.8 Å². The Morgan fingerprint density at radius 1 is 1.17 bits per heavy atom. The molecule has 0 heterocycles. The molecule has 1 rings (SSSR count). The highest BCUT2D eigenvalue weighted by molar-refractivity contribution is 6.35. The molecular formula is C12H19BO5. The molecule has 0 aromatic heterocycles. The summed E-state index contributed by atoms with van der Waals surface area (Å²) in [4.78, 5) is 0. The Kier molecular flexibility index (Phi) is 4.26. The molecule has 0 aliphatic heterocycles. The summed E-state index contributed by atoms with van der Waals surface area (Å²) >= 11 is 0. The molecule has 3 N–H and O–H groups in total. The molecule has 0 radical (unpaired) electrons. The molecule has 18 heavy (non-hydrogen) atoms. The summed E-state index contributed by atoms with van der Waals surface area (Å²) in [5, 5.41) is 28.8. The van der Waals surface area contributed by atoms with Gasteiger partial charge >= 0.3 is 7.32 Å². The third-order valence-electron chi connectivity index (χ3n) is 2.92. The van der Waals surface area contributed by atoms with Gasteiger partial charge in [-0.2, -0.15) is 0 Å². The molecule has 0 aliphatic carbocycles. The standard InChI is InChI=1S/C12H19BO5/c1-11(2,15)12(3,4)18-13(16)17-10-7-5-6-9(14)8-10/h5-8,14-16H,1-4H3. The first-order valence-corrected chi connectivity index (χ1v) is 5.66. The highest BCUT2D eigenvalue weighted by Gasteiger charge is 2.40. The van der Waals surface area contributed by atoms with Gasteiger partial charge in [0.25, 0.3) is 0 Å². The highest BCUT2D eigenvalue weighted by Crippen LogP contribution is 2.26. The highest BCUT2D eigenvalue weighted by atomic mass is 16.7. The topological polar surface area (TPSA) is 79.2 Å². The van der Waals surface area contributed by atoms with Crippen LogP contribution in [0.25, 0.3) is 0 Å². The van der Waals surface area contributed by atoms with Crippen molar-refractivity contribution >= 4 is 7.32 Å². The molecule has 0 spiro atoms. The van der Waals surface area contributed by atoms with E-state index < -0.39 is 18.5 Å². The third-order valence-corrected chi connectivity index (χ3v) is 2.92. The average molecular weight is 254 g/mol. The van der Waals surface area contributed by atoms with Crippen LogP contribution in [0.5, 0.6) is 11.5 Å². The smallest absolute Gasteiger partial charge is 0.512 e. The van der Waals surface area contributed by atoms with Crippen molar-refractivity contribution in [2.24, 2.45) is 0 Å². The van der Waals surface area contributed by atoms with E-state index in [-0.39, 0.29) is 11.5 Å². The van der Waals surface area contributed by atoms with Crippen molar-refractivity contribution < 1.29 is 24.5 Å². The second-order valence-electron chi connectivity index (χ2n) is 5.11. The summed E-state index contributed by atoms with van der Waals surface area (Å²) in [6, 6.07) is 5.99. The van der Waals surface area contributed by atoms with Gasteiger partial charge in [0.05, 0.1) is 11.2 Å². The number of rotatable bonds is 5. The average Bonchev–Trinajstić information content (AvgIpc) is 2.14. The molecule has 1 aromatic carbocycles. The number of hydrogen-bond acceptors (Lipinski definition) is 5. The fourth-order valence-corrected chi connectivity index (χ4v) is 1.09. The fraction of sp³-hybridized carbons (Fsp3) is 0.500. The van der Waals surface area contributed by atoms with Crippen LogP contribution in [-0.4, -0.2) is 33.8 Å². The molecular weight excluding hydrogens is 235 g/mol. The van der Waals surface area contributed by atoms with Crippen LogP contribution in [-0.2, 0) is 4.65 Å². The van der Waals surface area contributed by atoms with E-state index >= 15 is 0 Å². The maximum Gasteiger partial charge on any atom is 0.710 e. The molecule has 6 heteroatoms. The van der Waals surface area contributed by atoms with Crippen LogP contribution >= 0.6 is 0 Å². The van der Waals surface area contributed by atoms with Crippen molar-refractivity contribution in [1.82, 2.24) is 0 Å².